The number of carboxylic acids is 1. The van der Waals surface area contributed by atoms with Gasteiger partial charge >= 0.3 is 5.97 Å². The molecule has 0 aliphatic rings. The first-order chi connectivity index (χ1) is 13.3. The fourth-order valence-corrected chi connectivity index (χ4v) is 2.45. The van der Waals surface area contributed by atoms with Crippen molar-refractivity contribution in [3.8, 4) is 5.75 Å². The average molecular weight is 396 g/mol. The molecule has 0 bridgehead atoms. The molecule has 28 heavy (non-hydrogen) atoms. The summed E-state index contributed by atoms with van der Waals surface area (Å²) in [5, 5.41) is 32.2. The van der Waals surface area contributed by atoms with Crippen molar-refractivity contribution in [1.82, 2.24) is 10.6 Å². The summed E-state index contributed by atoms with van der Waals surface area (Å²) < 4.78 is 0. The van der Waals surface area contributed by atoms with Gasteiger partial charge in [-0.25, -0.2) is 4.79 Å². The Bertz CT molecular complexity index is 652. The topological polar surface area (TPSA) is 188 Å². The van der Waals surface area contributed by atoms with Gasteiger partial charge in [0.25, 0.3) is 0 Å². The number of benzene rings is 1. The Morgan fingerprint density at radius 1 is 1.00 bits per heavy atom. The van der Waals surface area contributed by atoms with Gasteiger partial charge in [0.1, 0.15) is 17.8 Å². The Morgan fingerprint density at radius 3 is 2.14 bits per heavy atom. The molecule has 0 aromatic heterocycles. The molecular weight excluding hydrogens is 368 g/mol. The van der Waals surface area contributed by atoms with Gasteiger partial charge in [0.2, 0.25) is 11.8 Å². The number of rotatable bonds is 12. The molecule has 9 N–H and O–H groups in total. The summed E-state index contributed by atoms with van der Waals surface area (Å²) in [5.41, 5.74) is 11.9. The molecule has 0 spiro atoms. The van der Waals surface area contributed by atoms with Crippen molar-refractivity contribution >= 4 is 17.8 Å². The van der Waals surface area contributed by atoms with E-state index in [1.54, 1.807) is 12.1 Å². The van der Waals surface area contributed by atoms with Gasteiger partial charge in [-0.05, 0) is 37.1 Å². The number of unbranched alkanes of at least 4 members (excludes halogenated alkanes) is 1. The van der Waals surface area contributed by atoms with Crippen molar-refractivity contribution in [2.75, 3.05) is 13.2 Å². The highest BCUT2D eigenvalue weighted by Gasteiger charge is 2.27. The zero-order valence-electron chi connectivity index (χ0n) is 15.5. The van der Waals surface area contributed by atoms with Crippen molar-refractivity contribution in [1.29, 1.82) is 0 Å². The number of nitrogens with two attached hydrogens (primary N) is 2. The number of amides is 2. The fraction of sp³-hybridized carbons (Fsp3) is 0.500. The minimum Gasteiger partial charge on any atom is -0.508 e. The van der Waals surface area contributed by atoms with E-state index in [2.05, 4.69) is 10.6 Å². The molecule has 0 radical (unpaired) electrons. The number of aromatic hydroxyl groups is 1. The number of phenolic OH excluding ortho intramolecular Hbond substituents is 1. The first kappa shape index (κ1) is 23.3. The van der Waals surface area contributed by atoms with E-state index in [4.69, 9.17) is 21.7 Å². The maximum atomic E-state index is 12.5. The van der Waals surface area contributed by atoms with Gasteiger partial charge in [0.15, 0.2) is 0 Å². The third-order valence-corrected chi connectivity index (χ3v) is 4.11. The molecule has 0 heterocycles. The standard InChI is InChI=1S/C18H28N4O6/c19-8-2-1-3-13(20)16(25)21-14(9-11-4-6-12(24)7-5-11)17(26)22-15(10-23)18(27)28/h4-7,13-15,23-24H,1-3,8-10,19-20H2,(H,21,25)(H,22,26)(H,27,28)/t13-,14+,15+/m0/s1. The van der Waals surface area contributed by atoms with Crippen LogP contribution in [0.5, 0.6) is 5.75 Å². The number of phenols is 1. The number of carbonyl (C=O) groups excluding carboxylic acids is 2. The SMILES string of the molecule is NCCCC[C@H](N)C(=O)N[C@H](Cc1ccc(O)cc1)C(=O)N[C@H](CO)C(=O)O. The minimum absolute atomic E-state index is 0.0435. The van der Waals surface area contributed by atoms with Gasteiger partial charge < -0.3 is 37.4 Å². The number of aliphatic hydroxyl groups is 1. The van der Waals surface area contributed by atoms with Crippen LogP contribution in [0.15, 0.2) is 24.3 Å². The molecule has 0 fully saturated rings. The largest absolute Gasteiger partial charge is 0.508 e. The van der Waals surface area contributed by atoms with Crippen LogP contribution < -0.4 is 22.1 Å². The Hall–Kier alpha value is -2.69. The van der Waals surface area contributed by atoms with Crippen molar-refractivity contribution in [3.05, 3.63) is 29.8 Å². The second-order valence-corrected chi connectivity index (χ2v) is 6.40. The Morgan fingerprint density at radius 2 is 1.61 bits per heavy atom. The summed E-state index contributed by atoms with van der Waals surface area (Å²) in [4.78, 5) is 35.9. The number of carboxylic acid groups (broad SMARTS) is 1. The summed E-state index contributed by atoms with van der Waals surface area (Å²) in [5.74, 6) is -2.67. The fourth-order valence-electron chi connectivity index (χ4n) is 2.45. The number of hydrogen-bond acceptors (Lipinski definition) is 7. The molecule has 1 aromatic carbocycles. The van der Waals surface area contributed by atoms with E-state index < -0.39 is 42.5 Å². The van der Waals surface area contributed by atoms with E-state index in [1.807, 2.05) is 0 Å². The van der Waals surface area contributed by atoms with Crippen LogP contribution in [0, 0.1) is 0 Å². The lowest BCUT2D eigenvalue weighted by Crippen LogP contribution is -2.55. The summed E-state index contributed by atoms with van der Waals surface area (Å²) in [7, 11) is 0. The maximum absolute atomic E-state index is 12.5. The van der Waals surface area contributed by atoms with E-state index in [1.165, 1.54) is 12.1 Å². The Balaban J connectivity index is 2.87. The molecule has 0 saturated heterocycles. The monoisotopic (exact) mass is 396 g/mol. The van der Waals surface area contributed by atoms with E-state index in [-0.39, 0.29) is 12.2 Å². The van der Waals surface area contributed by atoms with Gasteiger partial charge in [-0.3, -0.25) is 9.59 Å². The van der Waals surface area contributed by atoms with Crippen LogP contribution in [-0.4, -0.2) is 64.4 Å². The first-order valence-electron chi connectivity index (χ1n) is 8.96. The van der Waals surface area contributed by atoms with E-state index in [0.29, 0.717) is 24.9 Å². The molecule has 3 atom stereocenters. The lowest BCUT2D eigenvalue weighted by Gasteiger charge is -2.22. The van der Waals surface area contributed by atoms with Gasteiger partial charge in [-0.2, -0.15) is 0 Å². The lowest BCUT2D eigenvalue weighted by molar-refractivity contribution is -0.143. The van der Waals surface area contributed by atoms with Crippen LogP contribution in [0.4, 0.5) is 0 Å². The molecule has 0 saturated carbocycles. The molecule has 0 unspecified atom stereocenters. The van der Waals surface area contributed by atoms with Gasteiger partial charge in [0, 0.05) is 6.42 Å². The first-order valence-corrected chi connectivity index (χ1v) is 8.96. The zero-order chi connectivity index (χ0) is 21.1. The van der Waals surface area contributed by atoms with Crippen LogP contribution in [0.25, 0.3) is 0 Å². The van der Waals surface area contributed by atoms with Crippen LogP contribution in [0.2, 0.25) is 0 Å². The maximum Gasteiger partial charge on any atom is 0.328 e. The predicted octanol–water partition coefficient (Wildman–Crippen LogP) is -1.56. The molecule has 0 aliphatic carbocycles. The van der Waals surface area contributed by atoms with Crippen molar-refractivity contribution in [3.63, 3.8) is 0 Å². The Labute approximate surface area is 162 Å². The lowest BCUT2D eigenvalue weighted by atomic mass is 10.0. The Kier molecular flexibility index (Phi) is 9.93. The van der Waals surface area contributed by atoms with E-state index >= 15 is 0 Å². The molecule has 2 amide bonds. The quantitative estimate of drug-likeness (QED) is 0.206. The highest BCUT2D eigenvalue weighted by Crippen LogP contribution is 2.12. The summed E-state index contributed by atoms with van der Waals surface area (Å²) in [6.07, 6.45) is 1.82. The number of carbonyl (C=O) groups is 3. The second kappa shape index (κ2) is 11.9. The van der Waals surface area contributed by atoms with Crippen LogP contribution >= 0.6 is 0 Å². The third-order valence-electron chi connectivity index (χ3n) is 4.11. The molecule has 10 nitrogen and oxygen atoms in total. The van der Waals surface area contributed by atoms with Gasteiger partial charge in [0.05, 0.1) is 12.6 Å². The van der Waals surface area contributed by atoms with Gasteiger partial charge in [-0.15, -0.1) is 0 Å². The average Bonchev–Trinajstić information content (AvgIpc) is 2.66. The summed E-state index contributed by atoms with van der Waals surface area (Å²) in [6, 6.07) is 2.57. The second-order valence-electron chi connectivity index (χ2n) is 6.40. The van der Waals surface area contributed by atoms with E-state index in [0.717, 1.165) is 6.42 Å². The third kappa shape index (κ3) is 7.91. The predicted molar refractivity (Wildman–Crippen MR) is 101 cm³/mol. The van der Waals surface area contributed by atoms with Crippen LogP contribution in [-0.2, 0) is 20.8 Å². The molecule has 10 heteroatoms. The number of hydrogen-bond donors (Lipinski definition) is 7. The highest BCUT2D eigenvalue weighted by atomic mass is 16.4. The molecule has 156 valence electrons. The number of aliphatic hydroxyl groups excluding tert-OH is 1. The van der Waals surface area contributed by atoms with Crippen LogP contribution in [0.1, 0.15) is 24.8 Å². The normalized spacial score (nSPS) is 14.0. The summed E-state index contributed by atoms with van der Waals surface area (Å²) >= 11 is 0. The molecule has 1 aromatic rings. The van der Waals surface area contributed by atoms with E-state index in [9.17, 15) is 19.5 Å². The molecule has 1 rings (SSSR count). The minimum atomic E-state index is -1.50. The van der Waals surface area contributed by atoms with Crippen molar-refractivity contribution in [2.45, 2.75) is 43.8 Å². The number of aliphatic carboxylic acids is 1. The molecular formula is C18H28N4O6. The number of nitrogens with one attached hydrogen (secondary N) is 2. The van der Waals surface area contributed by atoms with Gasteiger partial charge in [-0.1, -0.05) is 18.6 Å². The smallest absolute Gasteiger partial charge is 0.328 e. The molecule has 0 aliphatic heterocycles. The van der Waals surface area contributed by atoms with Crippen LogP contribution in [0.3, 0.4) is 0 Å². The highest BCUT2D eigenvalue weighted by molar-refractivity contribution is 5.92. The van der Waals surface area contributed by atoms with Crippen molar-refractivity contribution in [2.24, 2.45) is 11.5 Å². The zero-order valence-corrected chi connectivity index (χ0v) is 15.5. The van der Waals surface area contributed by atoms with Crippen molar-refractivity contribution < 1.29 is 29.7 Å². The summed E-state index contributed by atoms with van der Waals surface area (Å²) in [6.45, 7) is -0.308.